The highest BCUT2D eigenvalue weighted by molar-refractivity contribution is 5.81. The Hall–Kier alpha value is -2.17. The highest BCUT2D eigenvalue weighted by atomic mass is 16.5. The summed E-state index contributed by atoms with van der Waals surface area (Å²) in [4.78, 5) is 12.4. The zero-order chi connectivity index (χ0) is 17.9. The number of carbonyl (C=O) groups excluding carboxylic acids is 1. The van der Waals surface area contributed by atoms with E-state index in [2.05, 4.69) is 31.2 Å². The van der Waals surface area contributed by atoms with Crippen LogP contribution in [-0.2, 0) is 9.53 Å². The van der Waals surface area contributed by atoms with Crippen molar-refractivity contribution in [3.8, 4) is 11.1 Å². The average Bonchev–Trinajstić information content (AvgIpc) is 2.94. The van der Waals surface area contributed by atoms with Crippen LogP contribution in [0.2, 0.25) is 0 Å². The monoisotopic (exact) mass is 338 g/mol. The minimum absolute atomic E-state index is 0.0304. The van der Waals surface area contributed by atoms with Gasteiger partial charge in [-0.25, -0.2) is 4.79 Å². The minimum Gasteiger partial charge on any atom is -0.462 e. The Morgan fingerprint density at radius 1 is 1.00 bits per heavy atom. The predicted molar refractivity (Wildman–Crippen MR) is 99.9 cm³/mol. The number of fused-ring (bicyclic) bond motifs is 3. The second kappa shape index (κ2) is 7.38. The maximum Gasteiger partial charge on any atom is 0.340 e. The van der Waals surface area contributed by atoms with E-state index in [1.165, 1.54) is 22.3 Å². The van der Waals surface area contributed by atoms with Gasteiger partial charge in [0.15, 0.2) is 5.66 Å². The van der Waals surface area contributed by atoms with Crippen LogP contribution < -0.4 is 11.5 Å². The van der Waals surface area contributed by atoms with Crippen molar-refractivity contribution in [1.82, 2.24) is 0 Å². The van der Waals surface area contributed by atoms with Crippen molar-refractivity contribution < 1.29 is 9.53 Å². The lowest BCUT2D eigenvalue weighted by Crippen LogP contribution is -2.57. The maximum atomic E-state index is 12.4. The number of esters is 1. The first-order chi connectivity index (χ1) is 12.0. The van der Waals surface area contributed by atoms with E-state index in [1.54, 1.807) is 0 Å². The molecule has 2 aromatic rings. The van der Waals surface area contributed by atoms with Crippen LogP contribution in [0, 0.1) is 0 Å². The fourth-order valence-electron chi connectivity index (χ4n) is 3.50. The zero-order valence-corrected chi connectivity index (χ0v) is 14.7. The van der Waals surface area contributed by atoms with Crippen LogP contribution in [0.5, 0.6) is 0 Å². The second-order valence-corrected chi connectivity index (χ2v) is 6.82. The normalized spacial score (nSPS) is 13.4. The lowest BCUT2D eigenvalue weighted by Gasteiger charge is -2.23. The van der Waals surface area contributed by atoms with Crippen molar-refractivity contribution in [3.63, 3.8) is 0 Å². The molecule has 0 aromatic heterocycles. The summed E-state index contributed by atoms with van der Waals surface area (Å²) in [5, 5.41) is 0. The van der Waals surface area contributed by atoms with Crippen molar-refractivity contribution in [2.45, 2.75) is 44.2 Å². The van der Waals surface area contributed by atoms with Gasteiger partial charge in [-0.2, -0.15) is 0 Å². The van der Waals surface area contributed by atoms with E-state index in [9.17, 15) is 4.79 Å². The van der Waals surface area contributed by atoms with Crippen molar-refractivity contribution in [2.24, 2.45) is 11.5 Å². The number of ether oxygens (including phenoxy) is 1. The number of hydrogen-bond donors (Lipinski definition) is 2. The lowest BCUT2D eigenvalue weighted by atomic mass is 9.98. The van der Waals surface area contributed by atoms with E-state index in [0.29, 0.717) is 6.42 Å². The van der Waals surface area contributed by atoms with Gasteiger partial charge in [-0.15, -0.1) is 0 Å². The fourth-order valence-corrected chi connectivity index (χ4v) is 3.50. The molecular formula is C21H26N2O2. The molecule has 1 aliphatic rings. The van der Waals surface area contributed by atoms with Gasteiger partial charge in [-0.1, -0.05) is 68.3 Å². The Balaban J connectivity index is 1.72. The highest BCUT2D eigenvalue weighted by Crippen LogP contribution is 2.44. The summed E-state index contributed by atoms with van der Waals surface area (Å²) in [6, 6.07) is 16.5. The van der Waals surface area contributed by atoms with Gasteiger partial charge in [0, 0.05) is 5.92 Å². The minimum atomic E-state index is -1.41. The van der Waals surface area contributed by atoms with Crippen LogP contribution in [0.3, 0.4) is 0 Å². The van der Waals surface area contributed by atoms with Crippen molar-refractivity contribution in [3.05, 3.63) is 59.7 Å². The number of benzene rings is 2. The molecule has 4 nitrogen and oxygen atoms in total. The SMILES string of the molecule is CCCCCC(N)(N)C(=O)OCC1c2ccccc2-c2ccccc21. The largest absolute Gasteiger partial charge is 0.462 e. The molecule has 0 radical (unpaired) electrons. The summed E-state index contributed by atoms with van der Waals surface area (Å²) in [5.74, 6) is -0.492. The molecule has 25 heavy (non-hydrogen) atoms. The molecule has 0 heterocycles. The molecule has 0 unspecified atom stereocenters. The predicted octanol–water partition coefficient (Wildman–Crippen LogP) is 3.54. The molecule has 4 heteroatoms. The molecule has 0 atom stereocenters. The van der Waals surface area contributed by atoms with Gasteiger partial charge in [0.05, 0.1) is 0 Å². The molecule has 3 rings (SSSR count). The van der Waals surface area contributed by atoms with E-state index in [4.69, 9.17) is 16.2 Å². The fraction of sp³-hybridized carbons (Fsp3) is 0.381. The smallest absolute Gasteiger partial charge is 0.340 e. The van der Waals surface area contributed by atoms with Crippen LogP contribution in [-0.4, -0.2) is 18.2 Å². The average molecular weight is 338 g/mol. The topological polar surface area (TPSA) is 78.3 Å². The summed E-state index contributed by atoms with van der Waals surface area (Å²) in [6.45, 7) is 2.36. The molecule has 0 amide bonds. The Kier molecular flexibility index (Phi) is 5.21. The van der Waals surface area contributed by atoms with Crippen molar-refractivity contribution in [2.75, 3.05) is 6.61 Å². The van der Waals surface area contributed by atoms with Crippen molar-refractivity contribution >= 4 is 5.97 Å². The van der Waals surface area contributed by atoms with E-state index >= 15 is 0 Å². The third kappa shape index (κ3) is 3.60. The first-order valence-corrected chi connectivity index (χ1v) is 8.98. The van der Waals surface area contributed by atoms with Gasteiger partial charge >= 0.3 is 5.97 Å². The van der Waals surface area contributed by atoms with E-state index in [1.807, 2.05) is 24.3 Å². The molecule has 0 saturated heterocycles. The second-order valence-electron chi connectivity index (χ2n) is 6.82. The number of nitrogens with two attached hydrogens (primary N) is 2. The Morgan fingerprint density at radius 3 is 2.12 bits per heavy atom. The summed E-state index contributed by atoms with van der Waals surface area (Å²) in [5.41, 5.74) is 15.3. The molecule has 0 spiro atoms. The van der Waals surface area contributed by atoms with Crippen LogP contribution in [0.25, 0.3) is 11.1 Å². The Bertz CT molecular complexity index is 710. The highest BCUT2D eigenvalue weighted by Gasteiger charge is 2.33. The Morgan fingerprint density at radius 2 is 1.56 bits per heavy atom. The van der Waals surface area contributed by atoms with E-state index < -0.39 is 11.6 Å². The van der Waals surface area contributed by atoms with Gasteiger partial charge in [-0.3, -0.25) is 0 Å². The van der Waals surface area contributed by atoms with Gasteiger partial charge in [-0.05, 0) is 35.1 Å². The zero-order valence-electron chi connectivity index (χ0n) is 14.7. The van der Waals surface area contributed by atoms with Gasteiger partial charge < -0.3 is 16.2 Å². The molecule has 0 aliphatic heterocycles. The molecule has 0 bridgehead atoms. The first-order valence-electron chi connectivity index (χ1n) is 8.98. The number of rotatable bonds is 7. The summed E-state index contributed by atoms with van der Waals surface area (Å²) in [6.07, 6.45) is 3.33. The third-order valence-electron chi connectivity index (χ3n) is 4.92. The standard InChI is InChI=1S/C21H26N2O2/c1-2-3-8-13-21(22,23)20(24)25-14-19-17-11-6-4-9-15(17)16-10-5-7-12-18(16)19/h4-7,9-12,19H,2-3,8,13-14,22-23H2,1H3. The van der Waals surface area contributed by atoms with Gasteiger partial charge in [0.1, 0.15) is 6.61 Å². The summed E-state index contributed by atoms with van der Waals surface area (Å²) < 4.78 is 5.55. The Labute approximate surface area is 149 Å². The molecule has 2 aromatic carbocycles. The maximum absolute atomic E-state index is 12.4. The first kappa shape index (κ1) is 17.6. The van der Waals surface area contributed by atoms with E-state index in [-0.39, 0.29) is 12.5 Å². The molecule has 0 fully saturated rings. The molecule has 0 saturated carbocycles. The number of hydrogen-bond acceptors (Lipinski definition) is 4. The van der Waals surface area contributed by atoms with Crippen LogP contribution in [0.1, 0.15) is 49.7 Å². The summed E-state index contributed by atoms with van der Waals surface area (Å²) in [7, 11) is 0. The van der Waals surface area contributed by atoms with Crippen molar-refractivity contribution in [1.29, 1.82) is 0 Å². The quantitative estimate of drug-likeness (QED) is 0.460. The number of unbranched alkanes of at least 4 members (excludes halogenated alkanes) is 2. The van der Waals surface area contributed by atoms with Crippen LogP contribution >= 0.6 is 0 Å². The molecular weight excluding hydrogens is 312 g/mol. The molecule has 4 N–H and O–H groups in total. The number of carbonyl (C=O) groups is 1. The van der Waals surface area contributed by atoms with Gasteiger partial charge in [0.2, 0.25) is 0 Å². The van der Waals surface area contributed by atoms with Crippen LogP contribution in [0.4, 0.5) is 0 Å². The lowest BCUT2D eigenvalue weighted by molar-refractivity contribution is -0.150. The molecule has 132 valence electrons. The molecule has 1 aliphatic carbocycles. The summed E-state index contributed by atoms with van der Waals surface area (Å²) >= 11 is 0. The van der Waals surface area contributed by atoms with E-state index in [0.717, 1.165) is 19.3 Å². The van der Waals surface area contributed by atoms with Gasteiger partial charge in [0.25, 0.3) is 0 Å². The van der Waals surface area contributed by atoms with Crippen LogP contribution in [0.15, 0.2) is 48.5 Å². The third-order valence-corrected chi connectivity index (χ3v) is 4.92.